The Morgan fingerprint density at radius 2 is 1.74 bits per heavy atom. The lowest BCUT2D eigenvalue weighted by molar-refractivity contribution is -0.305. The molecule has 3 rings (SSSR count). The van der Waals surface area contributed by atoms with Crippen LogP contribution in [0.4, 0.5) is 10.2 Å². The molecule has 2 aromatic carbocycles. The highest BCUT2D eigenvalue weighted by atomic mass is 19.1. The summed E-state index contributed by atoms with van der Waals surface area (Å²) in [5.41, 5.74) is 2.10. The van der Waals surface area contributed by atoms with Crippen LogP contribution in [-0.4, -0.2) is 21.7 Å². The summed E-state index contributed by atoms with van der Waals surface area (Å²) >= 11 is 0. The molecule has 0 radical (unpaired) electrons. The minimum Gasteiger partial charge on any atom is -0.550 e. The summed E-state index contributed by atoms with van der Waals surface area (Å²) in [4.78, 5) is 22.6. The fraction of sp³-hybridized carbons (Fsp3) is 0.150. The third-order valence-corrected chi connectivity index (χ3v) is 3.90. The van der Waals surface area contributed by atoms with E-state index in [2.05, 4.69) is 10.4 Å². The van der Waals surface area contributed by atoms with Crippen LogP contribution in [0.25, 0.3) is 16.9 Å². The lowest BCUT2D eigenvalue weighted by atomic mass is 10.1. The van der Waals surface area contributed by atoms with Gasteiger partial charge in [0.15, 0.2) is 0 Å². The van der Waals surface area contributed by atoms with Crippen LogP contribution >= 0.6 is 0 Å². The second-order valence-electron chi connectivity index (χ2n) is 5.94. The van der Waals surface area contributed by atoms with Crippen molar-refractivity contribution in [2.75, 3.05) is 5.32 Å². The number of aromatic nitrogens is 2. The average Bonchev–Trinajstić information content (AvgIpc) is 3.06. The Balaban J connectivity index is 1.88. The average molecular weight is 366 g/mol. The van der Waals surface area contributed by atoms with Crippen LogP contribution in [0.5, 0.6) is 0 Å². The van der Waals surface area contributed by atoms with Gasteiger partial charge in [0.2, 0.25) is 5.91 Å². The van der Waals surface area contributed by atoms with E-state index in [4.69, 9.17) is 0 Å². The standard InChI is InChI=1S/C20H18FN3O3/c21-15-9-11-16(12-10-15)24-18(22-19(25)7-4-8-20(26)27)13-17(23-24)14-5-2-1-3-6-14/h1-3,5-6,9-13H,4,7-8H2,(H,22,25)(H,26,27)/p-1. The zero-order chi connectivity index (χ0) is 19.2. The van der Waals surface area contributed by atoms with Gasteiger partial charge in [0, 0.05) is 24.0 Å². The van der Waals surface area contributed by atoms with E-state index in [0.29, 0.717) is 17.2 Å². The molecule has 0 bridgehead atoms. The SMILES string of the molecule is O=C([O-])CCCC(=O)Nc1cc(-c2ccccc2)nn1-c1ccc(F)cc1. The Kier molecular flexibility index (Phi) is 5.61. The van der Waals surface area contributed by atoms with E-state index >= 15 is 0 Å². The molecule has 0 unspecified atom stereocenters. The second-order valence-corrected chi connectivity index (χ2v) is 5.94. The first-order chi connectivity index (χ1) is 13.0. The minimum absolute atomic E-state index is 0.0449. The number of halogens is 1. The summed E-state index contributed by atoms with van der Waals surface area (Å²) in [6.07, 6.45) is 0.0492. The second kappa shape index (κ2) is 8.27. The van der Waals surface area contributed by atoms with Gasteiger partial charge in [0.05, 0.1) is 11.4 Å². The lowest BCUT2D eigenvalue weighted by Crippen LogP contribution is -2.22. The van der Waals surface area contributed by atoms with Crippen molar-refractivity contribution in [3.63, 3.8) is 0 Å². The molecule has 0 aliphatic rings. The maximum Gasteiger partial charge on any atom is 0.225 e. The number of rotatable bonds is 7. The highest BCUT2D eigenvalue weighted by Crippen LogP contribution is 2.25. The summed E-state index contributed by atoms with van der Waals surface area (Å²) in [6, 6.07) is 16.9. The molecule has 0 saturated heterocycles. The lowest BCUT2D eigenvalue weighted by Gasteiger charge is -2.09. The zero-order valence-corrected chi connectivity index (χ0v) is 14.4. The van der Waals surface area contributed by atoms with E-state index in [-0.39, 0.29) is 31.0 Å². The van der Waals surface area contributed by atoms with Crippen molar-refractivity contribution in [3.8, 4) is 16.9 Å². The molecule has 0 spiro atoms. The molecular weight excluding hydrogens is 349 g/mol. The van der Waals surface area contributed by atoms with Gasteiger partial charge in [0.25, 0.3) is 0 Å². The third-order valence-electron chi connectivity index (χ3n) is 3.90. The Hall–Kier alpha value is -3.48. The molecule has 27 heavy (non-hydrogen) atoms. The van der Waals surface area contributed by atoms with E-state index in [1.807, 2.05) is 30.3 Å². The highest BCUT2D eigenvalue weighted by Gasteiger charge is 2.14. The molecule has 1 amide bonds. The number of aliphatic carboxylic acids is 1. The summed E-state index contributed by atoms with van der Waals surface area (Å²) < 4.78 is 14.7. The van der Waals surface area contributed by atoms with E-state index in [9.17, 15) is 19.1 Å². The van der Waals surface area contributed by atoms with E-state index in [1.54, 1.807) is 18.2 Å². The first-order valence-electron chi connectivity index (χ1n) is 8.44. The van der Waals surface area contributed by atoms with Crippen molar-refractivity contribution in [2.45, 2.75) is 19.3 Å². The third kappa shape index (κ3) is 4.78. The number of carboxylic acids is 1. The molecule has 1 heterocycles. The number of carbonyl (C=O) groups is 2. The molecule has 7 heteroatoms. The molecule has 3 aromatic rings. The van der Waals surface area contributed by atoms with Gasteiger partial charge in [-0.25, -0.2) is 9.07 Å². The largest absolute Gasteiger partial charge is 0.550 e. The first-order valence-corrected chi connectivity index (χ1v) is 8.44. The normalized spacial score (nSPS) is 10.6. The summed E-state index contributed by atoms with van der Waals surface area (Å²) in [5, 5.41) is 17.7. The number of carbonyl (C=O) groups excluding carboxylic acids is 2. The molecule has 138 valence electrons. The van der Waals surface area contributed by atoms with Gasteiger partial charge in [-0.05, 0) is 37.1 Å². The van der Waals surface area contributed by atoms with Crippen LogP contribution in [-0.2, 0) is 9.59 Å². The predicted octanol–water partition coefficient (Wildman–Crippen LogP) is 2.54. The minimum atomic E-state index is -1.19. The van der Waals surface area contributed by atoms with Crippen LogP contribution < -0.4 is 10.4 Å². The van der Waals surface area contributed by atoms with Crippen LogP contribution in [0.3, 0.4) is 0 Å². The number of benzene rings is 2. The van der Waals surface area contributed by atoms with Crippen molar-refractivity contribution in [1.82, 2.24) is 9.78 Å². The molecular formula is C20H17FN3O3-. The molecule has 1 N–H and O–H groups in total. The van der Waals surface area contributed by atoms with Crippen molar-refractivity contribution in [2.24, 2.45) is 0 Å². The number of hydrogen-bond acceptors (Lipinski definition) is 4. The van der Waals surface area contributed by atoms with E-state index in [1.165, 1.54) is 16.8 Å². The predicted molar refractivity (Wildman–Crippen MR) is 96.4 cm³/mol. The quantitative estimate of drug-likeness (QED) is 0.696. The smallest absolute Gasteiger partial charge is 0.225 e. The number of nitrogens with zero attached hydrogens (tertiary/aromatic N) is 2. The van der Waals surface area contributed by atoms with Crippen molar-refractivity contribution >= 4 is 17.7 Å². The molecule has 0 saturated carbocycles. The Morgan fingerprint density at radius 3 is 2.41 bits per heavy atom. The molecule has 6 nitrogen and oxygen atoms in total. The zero-order valence-electron chi connectivity index (χ0n) is 14.4. The summed E-state index contributed by atoms with van der Waals surface area (Å²) in [6.45, 7) is 0. The fourth-order valence-electron chi connectivity index (χ4n) is 2.60. The monoisotopic (exact) mass is 366 g/mol. The molecule has 0 aliphatic carbocycles. The number of carboxylic acid groups (broad SMARTS) is 1. The topological polar surface area (TPSA) is 87.0 Å². The Morgan fingerprint density at radius 1 is 1.04 bits per heavy atom. The van der Waals surface area contributed by atoms with Gasteiger partial charge in [-0.3, -0.25) is 4.79 Å². The summed E-state index contributed by atoms with van der Waals surface area (Å²) in [5.74, 6) is -1.48. The molecule has 0 fully saturated rings. The van der Waals surface area contributed by atoms with Gasteiger partial charge in [0.1, 0.15) is 11.6 Å². The number of nitrogens with one attached hydrogen (secondary N) is 1. The first kappa shape index (κ1) is 18.3. The number of anilines is 1. The number of amides is 1. The van der Waals surface area contributed by atoms with Gasteiger partial charge in [-0.2, -0.15) is 5.10 Å². The van der Waals surface area contributed by atoms with Crippen LogP contribution in [0.2, 0.25) is 0 Å². The molecule has 0 aliphatic heterocycles. The van der Waals surface area contributed by atoms with Crippen LogP contribution in [0, 0.1) is 5.82 Å². The Labute approximate surface area is 155 Å². The van der Waals surface area contributed by atoms with Crippen molar-refractivity contribution in [3.05, 3.63) is 66.5 Å². The van der Waals surface area contributed by atoms with Crippen LogP contribution in [0.1, 0.15) is 19.3 Å². The van der Waals surface area contributed by atoms with Crippen molar-refractivity contribution < 1.29 is 19.1 Å². The Bertz CT molecular complexity index is 937. The van der Waals surface area contributed by atoms with Gasteiger partial charge >= 0.3 is 0 Å². The van der Waals surface area contributed by atoms with Crippen LogP contribution in [0.15, 0.2) is 60.7 Å². The molecule has 0 atom stereocenters. The van der Waals surface area contributed by atoms with E-state index in [0.717, 1.165) is 5.56 Å². The molecule has 1 aromatic heterocycles. The van der Waals surface area contributed by atoms with E-state index < -0.39 is 5.97 Å². The maximum absolute atomic E-state index is 13.2. The van der Waals surface area contributed by atoms with Gasteiger partial charge in [-0.15, -0.1) is 0 Å². The van der Waals surface area contributed by atoms with Crippen molar-refractivity contribution in [1.29, 1.82) is 0 Å². The van der Waals surface area contributed by atoms with Gasteiger partial charge in [-0.1, -0.05) is 30.3 Å². The highest BCUT2D eigenvalue weighted by molar-refractivity contribution is 5.91. The van der Waals surface area contributed by atoms with Gasteiger partial charge < -0.3 is 15.2 Å². The number of hydrogen-bond donors (Lipinski definition) is 1. The summed E-state index contributed by atoms with van der Waals surface area (Å²) in [7, 11) is 0. The maximum atomic E-state index is 13.2. The fourth-order valence-corrected chi connectivity index (χ4v) is 2.60.